The maximum Gasteiger partial charge on any atom is 0.262 e. The Morgan fingerprint density at radius 3 is 2.47 bits per heavy atom. The number of carbonyl (C=O) groups is 1. The first kappa shape index (κ1) is 21.2. The van der Waals surface area contributed by atoms with Crippen LogP contribution >= 0.6 is 0 Å². The molecule has 156 valence electrons. The zero-order valence-corrected chi connectivity index (χ0v) is 16.5. The number of sulfonamides is 1. The van der Waals surface area contributed by atoms with Gasteiger partial charge in [-0.15, -0.1) is 0 Å². The molecule has 10 heteroatoms. The fraction of sp³-hybridized carbons (Fsp3) is 0.100. The van der Waals surface area contributed by atoms with E-state index in [2.05, 4.69) is 15.0 Å². The summed E-state index contributed by atoms with van der Waals surface area (Å²) in [5.41, 5.74) is -0.373. The molecule has 0 unspecified atom stereocenters. The van der Waals surface area contributed by atoms with E-state index < -0.39 is 34.1 Å². The van der Waals surface area contributed by atoms with Gasteiger partial charge in [0.25, 0.3) is 15.9 Å². The van der Waals surface area contributed by atoms with E-state index in [-0.39, 0.29) is 21.7 Å². The van der Waals surface area contributed by atoms with E-state index in [1.807, 2.05) is 0 Å². The second kappa shape index (κ2) is 8.87. The summed E-state index contributed by atoms with van der Waals surface area (Å²) in [5, 5.41) is 2.35. The predicted octanol–water partition coefficient (Wildman–Crippen LogP) is 3.10. The van der Waals surface area contributed by atoms with Gasteiger partial charge in [0, 0.05) is 18.2 Å². The van der Waals surface area contributed by atoms with Crippen LogP contribution in [-0.2, 0) is 16.6 Å². The Morgan fingerprint density at radius 2 is 1.77 bits per heavy atom. The van der Waals surface area contributed by atoms with Gasteiger partial charge in [0.2, 0.25) is 0 Å². The maximum atomic E-state index is 13.8. The molecule has 0 aliphatic heterocycles. The van der Waals surface area contributed by atoms with Gasteiger partial charge in [0.1, 0.15) is 22.3 Å². The molecular formula is C20H17F2N3O4S. The van der Waals surface area contributed by atoms with Gasteiger partial charge in [-0.1, -0.05) is 18.2 Å². The average molecular weight is 433 g/mol. The molecule has 7 nitrogen and oxygen atoms in total. The zero-order valence-electron chi connectivity index (χ0n) is 15.7. The van der Waals surface area contributed by atoms with Crippen molar-refractivity contribution in [3.8, 4) is 5.75 Å². The minimum absolute atomic E-state index is 0.137. The second-order valence-corrected chi connectivity index (χ2v) is 7.75. The summed E-state index contributed by atoms with van der Waals surface area (Å²) in [5.74, 6) is -2.10. The van der Waals surface area contributed by atoms with Crippen molar-refractivity contribution in [1.82, 2.24) is 10.3 Å². The van der Waals surface area contributed by atoms with E-state index in [1.54, 1.807) is 0 Å². The molecule has 2 N–H and O–H groups in total. The van der Waals surface area contributed by atoms with E-state index in [0.29, 0.717) is 5.75 Å². The predicted molar refractivity (Wildman–Crippen MR) is 106 cm³/mol. The van der Waals surface area contributed by atoms with Crippen molar-refractivity contribution in [3.05, 3.63) is 83.7 Å². The highest BCUT2D eigenvalue weighted by molar-refractivity contribution is 7.92. The zero-order chi connectivity index (χ0) is 21.7. The van der Waals surface area contributed by atoms with Crippen molar-refractivity contribution in [2.75, 3.05) is 11.8 Å². The molecule has 1 aromatic heterocycles. The van der Waals surface area contributed by atoms with Crippen LogP contribution in [0.15, 0.2) is 65.8 Å². The lowest BCUT2D eigenvalue weighted by Crippen LogP contribution is -2.27. The summed E-state index contributed by atoms with van der Waals surface area (Å²) in [6, 6.07) is 10.2. The molecule has 0 aliphatic carbocycles. The number of hydrogen-bond donors (Lipinski definition) is 2. The fourth-order valence-electron chi connectivity index (χ4n) is 2.65. The van der Waals surface area contributed by atoms with E-state index in [0.717, 1.165) is 12.1 Å². The van der Waals surface area contributed by atoms with Crippen LogP contribution in [0.3, 0.4) is 0 Å². The van der Waals surface area contributed by atoms with Crippen LogP contribution in [0.5, 0.6) is 5.75 Å². The molecule has 0 spiro atoms. The Hall–Kier alpha value is -3.53. The molecule has 0 fully saturated rings. The molecule has 3 aromatic rings. The van der Waals surface area contributed by atoms with Gasteiger partial charge in [-0.25, -0.2) is 17.2 Å². The third-order valence-corrected chi connectivity index (χ3v) is 5.55. The molecule has 0 bridgehead atoms. The van der Waals surface area contributed by atoms with Crippen molar-refractivity contribution >= 4 is 21.6 Å². The van der Waals surface area contributed by atoms with E-state index >= 15 is 0 Å². The lowest BCUT2D eigenvalue weighted by Gasteiger charge is -2.13. The van der Waals surface area contributed by atoms with Crippen molar-refractivity contribution in [1.29, 1.82) is 0 Å². The molecule has 2 aromatic carbocycles. The number of aromatic nitrogens is 1. The Bertz CT molecular complexity index is 1170. The first-order valence-electron chi connectivity index (χ1n) is 8.64. The molecule has 0 saturated carbocycles. The van der Waals surface area contributed by atoms with Crippen LogP contribution in [0.25, 0.3) is 0 Å². The standard InChI is InChI=1S/C20H17F2N3O4S/c1-29-14-9-13(10-23-11-14)25-30(27,28)19-8-3-2-5-15(19)20(26)24-12-16-17(21)6-4-7-18(16)22/h2-11,25H,12H2,1H3,(H,24,26). The molecule has 30 heavy (non-hydrogen) atoms. The molecule has 0 aliphatic rings. The monoisotopic (exact) mass is 433 g/mol. The summed E-state index contributed by atoms with van der Waals surface area (Å²) in [6.45, 7) is -0.445. The smallest absolute Gasteiger partial charge is 0.262 e. The number of nitrogens with zero attached hydrogens (tertiary/aromatic N) is 1. The maximum absolute atomic E-state index is 13.8. The number of ether oxygens (including phenoxy) is 1. The molecule has 0 saturated heterocycles. The number of methoxy groups -OCH3 is 1. The first-order valence-corrected chi connectivity index (χ1v) is 10.1. The number of rotatable bonds is 7. The van der Waals surface area contributed by atoms with Gasteiger partial charge >= 0.3 is 0 Å². The molecular weight excluding hydrogens is 416 g/mol. The third-order valence-electron chi connectivity index (χ3n) is 4.11. The van der Waals surface area contributed by atoms with Gasteiger partial charge in [0.15, 0.2) is 0 Å². The Labute approximate surface area is 171 Å². The van der Waals surface area contributed by atoms with Gasteiger partial charge in [-0.3, -0.25) is 14.5 Å². The molecule has 0 radical (unpaired) electrons. The number of halogens is 2. The highest BCUT2D eigenvalue weighted by Crippen LogP contribution is 2.22. The highest BCUT2D eigenvalue weighted by Gasteiger charge is 2.23. The number of benzene rings is 2. The minimum atomic E-state index is -4.17. The quantitative estimate of drug-likeness (QED) is 0.597. The minimum Gasteiger partial charge on any atom is -0.495 e. The van der Waals surface area contributed by atoms with Gasteiger partial charge in [-0.05, 0) is 24.3 Å². The topological polar surface area (TPSA) is 97.4 Å². The van der Waals surface area contributed by atoms with Crippen LogP contribution in [0.2, 0.25) is 0 Å². The number of hydrogen-bond acceptors (Lipinski definition) is 5. The number of anilines is 1. The SMILES string of the molecule is COc1cncc(NS(=O)(=O)c2ccccc2C(=O)NCc2c(F)cccc2F)c1. The van der Waals surface area contributed by atoms with E-state index in [9.17, 15) is 22.0 Å². The highest BCUT2D eigenvalue weighted by atomic mass is 32.2. The molecule has 1 amide bonds. The third kappa shape index (κ3) is 4.71. The van der Waals surface area contributed by atoms with Crippen LogP contribution in [0, 0.1) is 11.6 Å². The lowest BCUT2D eigenvalue weighted by atomic mass is 10.1. The Morgan fingerprint density at radius 1 is 1.07 bits per heavy atom. The van der Waals surface area contributed by atoms with E-state index in [1.165, 1.54) is 55.9 Å². The van der Waals surface area contributed by atoms with Crippen LogP contribution in [-0.4, -0.2) is 26.4 Å². The van der Waals surface area contributed by atoms with Crippen LogP contribution in [0.1, 0.15) is 15.9 Å². The van der Waals surface area contributed by atoms with Gasteiger partial charge in [0.05, 0.1) is 30.8 Å². The summed E-state index contributed by atoms with van der Waals surface area (Å²) < 4.78 is 60.5. The fourth-order valence-corrected chi connectivity index (χ4v) is 3.89. The van der Waals surface area contributed by atoms with Crippen molar-refractivity contribution in [2.24, 2.45) is 0 Å². The average Bonchev–Trinajstić information content (AvgIpc) is 2.73. The molecule has 3 rings (SSSR count). The summed E-state index contributed by atoms with van der Waals surface area (Å²) in [6.07, 6.45) is 2.69. The normalized spacial score (nSPS) is 11.0. The first-order chi connectivity index (χ1) is 14.3. The largest absolute Gasteiger partial charge is 0.495 e. The van der Waals surface area contributed by atoms with Crippen molar-refractivity contribution < 1.29 is 26.7 Å². The van der Waals surface area contributed by atoms with Crippen molar-refractivity contribution in [3.63, 3.8) is 0 Å². The second-order valence-electron chi connectivity index (χ2n) is 6.10. The molecule has 0 atom stereocenters. The molecule has 1 heterocycles. The summed E-state index contributed by atoms with van der Waals surface area (Å²) >= 11 is 0. The van der Waals surface area contributed by atoms with Gasteiger partial charge < -0.3 is 10.1 Å². The summed E-state index contributed by atoms with van der Waals surface area (Å²) in [7, 11) is -2.76. The van der Waals surface area contributed by atoms with E-state index in [4.69, 9.17) is 4.74 Å². The van der Waals surface area contributed by atoms with Crippen LogP contribution < -0.4 is 14.8 Å². The Balaban J connectivity index is 1.85. The Kier molecular flexibility index (Phi) is 6.26. The summed E-state index contributed by atoms with van der Waals surface area (Å²) in [4.78, 5) is 16.1. The van der Waals surface area contributed by atoms with Crippen LogP contribution in [0.4, 0.5) is 14.5 Å². The van der Waals surface area contributed by atoms with Gasteiger partial charge in [-0.2, -0.15) is 0 Å². The number of amides is 1. The lowest BCUT2D eigenvalue weighted by molar-refractivity contribution is 0.0947. The number of carbonyl (C=O) groups excluding carboxylic acids is 1. The number of nitrogens with one attached hydrogen (secondary N) is 2. The number of pyridine rings is 1. The van der Waals surface area contributed by atoms with Crippen molar-refractivity contribution in [2.45, 2.75) is 11.4 Å².